The molecule has 0 fully saturated rings. The maximum atomic E-state index is 12.7. The monoisotopic (exact) mass is 302 g/mol. The predicted octanol–water partition coefficient (Wildman–Crippen LogP) is 3.28. The number of fused-ring (bicyclic) bond motifs is 2. The van der Waals surface area contributed by atoms with Crippen molar-refractivity contribution in [1.29, 1.82) is 0 Å². The molecule has 4 aromatic rings. The average molecular weight is 302 g/mol. The Balaban J connectivity index is 2.05. The zero-order chi connectivity index (χ0) is 16.0. The van der Waals surface area contributed by atoms with E-state index in [-0.39, 0.29) is 5.91 Å². The molecule has 0 N–H and O–H groups in total. The van der Waals surface area contributed by atoms with E-state index in [0.717, 1.165) is 27.7 Å². The minimum absolute atomic E-state index is 0.160. The molecule has 0 aliphatic rings. The summed E-state index contributed by atoms with van der Waals surface area (Å²) in [4.78, 5) is 26.1. The third kappa shape index (κ3) is 2.09. The molecule has 0 saturated carbocycles. The van der Waals surface area contributed by atoms with Crippen LogP contribution in [0.15, 0.2) is 49.1 Å². The number of benzene rings is 2. The van der Waals surface area contributed by atoms with Crippen LogP contribution >= 0.6 is 0 Å². The highest BCUT2D eigenvalue weighted by atomic mass is 16.2. The average Bonchev–Trinajstić information content (AvgIpc) is 3.10. The van der Waals surface area contributed by atoms with Crippen molar-refractivity contribution in [2.75, 3.05) is 0 Å². The highest BCUT2D eigenvalue weighted by Gasteiger charge is 2.15. The van der Waals surface area contributed by atoms with Gasteiger partial charge < -0.3 is 0 Å². The molecule has 0 aliphatic carbocycles. The fourth-order valence-electron chi connectivity index (χ4n) is 2.73. The van der Waals surface area contributed by atoms with Gasteiger partial charge in [0.1, 0.15) is 11.8 Å². The summed E-state index contributed by atoms with van der Waals surface area (Å²) in [6.45, 7) is 4.02. The van der Waals surface area contributed by atoms with E-state index in [1.807, 2.05) is 38.1 Å². The van der Waals surface area contributed by atoms with Crippen molar-refractivity contribution in [2.24, 2.45) is 0 Å². The third-order valence-corrected chi connectivity index (χ3v) is 3.99. The van der Waals surface area contributed by atoms with Crippen molar-refractivity contribution >= 4 is 28.0 Å². The molecule has 4 rings (SSSR count). The van der Waals surface area contributed by atoms with Crippen LogP contribution in [0.2, 0.25) is 0 Å². The van der Waals surface area contributed by atoms with Crippen LogP contribution in [0.4, 0.5) is 0 Å². The third-order valence-electron chi connectivity index (χ3n) is 3.99. The second-order valence-corrected chi connectivity index (χ2v) is 5.57. The van der Waals surface area contributed by atoms with Crippen molar-refractivity contribution < 1.29 is 4.79 Å². The molecule has 2 aromatic heterocycles. The van der Waals surface area contributed by atoms with Crippen LogP contribution < -0.4 is 0 Å². The number of hydrogen-bond donors (Lipinski definition) is 0. The summed E-state index contributed by atoms with van der Waals surface area (Å²) in [6.07, 6.45) is 4.70. The molecule has 5 heteroatoms. The lowest BCUT2D eigenvalue weighted by Crippen LogP contribution is -2.11. The highest BCUT2D eigenvalue weighted by molar-refractivity contribution is 6.07. The summed E-state index contributed by atoms with van der Waals surface area (Å²) in [7, 11) is 0. The van der Waals surface area contributed by atoms with Gasteiger partial charge in [-0.25, -0.2) is 15.0 Å². The molecular weight excluding hydrogens is 288 g/mol. The molecule has 0 amide bonds. The van der Waals surface area contributed by atoms with Crippen molar-refractivity contribution in [1.82, 2.24) is 19.5 Å². The van der Waals surface area contributed by atoms with Gasteiger partial charge in [0.05, 0.1) is 22.1 Å². The Morgan fingerprint density at radius 1 is 0.957 bits per heavy atom. The van der Waals surface area contributed by atoms with Crippen molar-refractivity contribution in [3.63, 3.8) is 0 Å². The summed E-state index contributed by atoms with van der Waals surface area (Å²) in [5.41, 5.74) is 5.70. The van der Waals surface area contributed by atoms with E-state index < -0.39 is 0 Å². The second-order valence-electron chi connectivity index (χ2n) is 5.57. The van der Waals surface area contributed by atoms with E-state index in [9.17, 15) is 4.79 Å². The topological polar surface area (TPSA) is 60.7 Å². The van der Waals surface area contributed by atoms with Crippen molar-refractivity contribution in [2.45, 2.75) is 13.8 Å². The molecule has 0 spiro atoms. The highest BCUT2D eigenvalue weighted by Crippen LogP contribution is 2.24. The van der Waals surface area contributed by atoms with Gasteiger partial charge in [-0.3, -0.25) is 9.36 Å². The van der Waals surface area contributed by atoms with Crippen LogP contribution in [0.5, 0.6) is 0 Å². The van der Waals surface area contributed by atoms with E-state index in [1.165, 1.54) is 10.9 Å². The number of nitrogens with zero attached hydrogens (tertiary/aromatic N) is 4. The first-order valence-corrected chi connectivity index (χ1v) is 7.34. The van der Waals surface area contributed by atoms with Gasteiger partial charge in [0, 0.05) is 12.4 Å². The molecule has 0 saturated heterocycles. The van der Waals surface area contributed by atoms with E-state index in [4.69, 9.17) is 9.97 Å². The fraction of sp³-hybridized carbons (Fsp3) is 0.111. The van der Waals surface area contributed by atoms with E-state index in [2.05, 4.69) is 4.98 Å². The Morgan fingerprint density at radius 2 is 1.70 bits per heavy atom. The van der Waals surface area contributed by atoms with Gasteiger partial charge in [0.15, 0.2) is 0 Å². The normalized spacial score (nSPS) is 11.2. The number of aryl methyl sites for hydroxylation is 2. The molecule has 0 bridgehead atoms. The van der Waals surface area contributed by atoms with Crippen LogP contribution in [0.1, 0.15) is 21.5 Å². The Labute approximate surface area is 132 Å². The molecule has 2 aromatic carbocycles. The SMILES string of the molecule is Cc1ccc(C)c2nc3c(C(=O)n4ccnc4)cccc3nc12. The number of para-hydroxylation sites is 1. The quantitative estimate of drug-likeness (QED) is 0.506. The van der Waals surface area contributed by atoms with Gasteiger partial charge in [0.2, 0.25) is 0 Å². The zero-order valence-electron chi connectivity index (χ0n) is 12.8. The smallest absolute Gasteiger partial charge is 0.265 e. The predicted molar refractivity (Wildman–Crippen MR) is 88.5 cm³/mol. The first-order chi connectivity index (χ1) is 11.1. The maximum Gasteiger partial charge on any atom is 0.265 e. The number of hydrogen-bond acceptors (Lipinski definition) is 4. The molecule has 0 radical (unpaired) electrons. The molecule has 2 heterocycles. The van der Waals surface area contributed by atoms with Gasteiger partial charge >= 0.3 is 0 Å². The van der Waals surface area contributed by atoms with Gasteiger partial charge in [0.25, 0.3) is 5.91 Å². The van der Waals surface area contributed by atoms with Crippen LogP contribution in [-0.4, -0.2) is 25.4 Å². The zero-order valence-corrected chi connectivity index (χ0v) is 12.8. The van der Waals surface area contributed by atoms with Crippen LogP contribution in [0, 0.1) is 13.8 Å². The summed E-state index contributed by atoms with van der Waals surface area (Å²) in [6, 6.07) is 9.56. The Morgan fingerprint density at radius 3 is 2.39 bits per heavy atom. The molecule has 112 valence electrons. The standard InChI is InChI=1S/C18H14N4O/c1-11-6-7-12(2)16-15(11)20-14-5-3-4-13(17(14)21-16)18(23)22-9-8-19-10-22/h3-10H,1-2H3. The lowest BCUT2D eigenvalue weighted by atomic mass is 10.1. The van der Waals surface area contributed by atoms with Crippen LogP contribution in [-0.2, 0) is 0 Å². The number of carbonyl (C=O) groups is 1. The maximum absolute atomic E-state index is 12.7. The number of rotatable bonds is 1. The summed E-state index contributed by atoms with van der Waals surface area (Å²) in [5, 5.41) is 0. The lowest BCUT2D eigenvalue weighted by molar-refractivity contribution is 0.0961. The van der Waals surface area contributed by atoms with Gasteiger partial charge in [-0.1, -0.05) is 18.2 Å². The van der Waals surface area contributed by atoms with E-state index >= 15 is 0 Å². The Kier molecular flexibility index (Phi) is 2.94. The van der Waals surface area contributed by atoms with Gasteiger partial charge in [-0.15, -0.1) is 0 Å². The minimum atomic E-state index is -0.160. The summed E-state index contributed by atoms with van der Waals surface area (Å²) in [5.74, 6) is -0.160. The number of aromatic nitrogens is 4. The molecule has 0 unspecified atom stereocenters. The molecule has 0 aliphatic heterocycles. The van der Waals surface area contributed by atoms with Gasteiger partial charge in [-0.05, 0) is 37.1 Å². The first kappa shape index (κ1) is 13.6. The Bertz CT molecular complexity index is 1050. The summed E-state index contributed by atoms with van der Waals surface area (Å²) < 4.78 is 1.45. The molecular formula is C18H14N4O. The molecule has 5 nitrogen and oxygen atoms in total. The van der Waals surface area contributed by atoms with Crippen molar-refractivity contribution in [3.05, 3.63) is 65.7 Å². The molecule has 0 atom stereocenters. The minimum Gasteiger partial charge on any atom is -0.272 e. The lowest BCUT2D eigenvalue weighted by Gasteiger charge is -2.09. The van der Waals surface area contributed by atoms with Crippen molar-refractivity contribution in [3.8, 4) is 0 Å². The molecule has 23 heavy (non-hydrogen) atoms. The Hall–Kier alpha value is -3.08. The summed E-state index contributed by atoms with van der Waals surface area (Å²) >= 11 is 0. The number of imidazole rings is 1. The number of carbonyl (C=O) groups excluding carboxylic acids is 1. The van der Waals surface area contributed by atoms with Crippen LogP contribution in [0.3, 0.4) is 0 Å². The largest absolute Gasteiger partial charge is 0.272 e. The fourth-order valence-corrected chi connectivity index (χ4v) is 2.73. The second kappa shape index (κ2) is 4.98. The van der Waals surface area contributed by atoms with E-state index in [0.29, 0.717) is 11.1 Å². The van der Waals surface area contributed by atoms with Gasteiger partial charge in [-0.2, -0.15) is 0 Å². The van der Waals surface area contributed by atoms with Crippen LogP contribution in [0.25, 0.3) is 22.1 Å². The van der Waals surface area contributed by atoms with E-state index in [1.54, 1.807) is 18.5 Å². The first-order valence-electron chi connectivity index (χ1n) is 7.34.